The van der Waals surface area contributed by atoms with E-state index in [0.29, 0.717) is 37.7 Å². The zero-order chi connectivity index (χ0) is 22.3. The van der Waals surface area contributed by atoms with Gasteiger partial charge in [-0.3, -0.25) is 4.79 Å². The van der Waals surface area contributed by atoms with Crippen molar-refractivity contribution >= 4 is 18.0 Å². The van der Waals surface area contributed by atoms with E-state index in [9.17, 15) is 22.8 Å². The van der Waals surface area contributed by atoms with Crippen LogP contribution in [-0.2, 0) is 26.9 Å². The molecule has 1 amide bonds. The number of fused-ring (bicyclic) bond motifs is 1. The molecule has 1 heterocycles. The van der Waals surface area contributed by atoms with Crippen LogP contribution < -0.4 is 14.8 Å². The fraction of sp³-hybridized carbons (Fsp3) is 0.273. The van der Waals surface area contributed by atoms with Crippen LogP contribution in [0.5, 0.6) is 11.5 Å². The van der Waals surface area contributed by atoms with Crippen molar-refractivity contribution in [2.75, 3.05) is 26.4 Å². The van der Waals surface area contributed by atoms with E-state index in [0.717, 1.165) is 23.8 Å². The molecule has 0 aliphatic carbocycles. The van der Waals surface area contributed by atoms with E-state index in [4.69, 9.17) is 14.2 Å². The summed E-state index contributed by atoms with van der Waals surface area (Å²) in [4.78, 5) is 23.5. The summed E-state index contributed by atoms with van der Waals surface area (Å²) < 4.78 is 53.8. The van der Waals surface area contributed by atoms with E-state index in [1.165, 1.54) is 18.2 Å². The number of hydrogen-bond acceptors (Lipinski definition) is 5. The Balaban J connectivity index is 1.39. The molecule has 164 valence electrons. The van der Waals surface area contributed by atoms with E-state index in [1.54, 1.807) is 0 Å². The highest BCUT2D eigenvalue weighted by atomic mass is 19.4. The molecule has 0 aromatic heterocycles. The largest absolute Gasteiger partial charge is 0.486 e. The molecule has 31 heavy (non-hydrogen) atoms. The number of amides is 1. The van der Waals surface area contributed by atoms with Crippen molar-refractivity contribution in [3.05, 3.63) is 65.2 Å². The van der Waals surface area contributed by atoms with Gasteiger partial charge in [0.05, 0.1) is 5.56 Å². The van der Waals surface area contributed by atoms with E-state index < -0.39 is 30.2 Å². The number of benzene rings is 2. The van der Waals surface area contributed by atoms with Crippen molar-refractivity contribution in [3.63, 3.8) is 0 Å². The number of rotatable bonds is 7. The Hall–Kier alpha value is -3.49. The Bertz CT molecular complexity index is 972. The second-order valence-electron chi connectivity index (χ2n) is 6.64. The van der Waals surface area contributed by atoms with Gasteiger partial charge in [-0.25, -0.2) is 4.79 Å². The Kier molecular flexibility index (Phi) is 7.17. The maximum Gasteiger partial charge on any atom is 0.416 e. The molecule has 6 nitrogen and oxygen atoms in total. The number of hydrogen-bond donors (Lipinski definition) is 1. The van der Waals surface area contributed by atoms with Crippen molar-refractivity contribution in [2.24, 2.45) is 0 Å². The molecule has 0 saturated carbocycles. The van der Waals surface area contributed by atoms with E-state index in [1.807, 2.05) is 18.2 Å². The normalized spacial score (nSPS) is 13.1. The minimum Gasteiger partial charge on any atom is -0.486 e. The fourth-order valence-corrected chi connectivity index (χ4v) is 2.81. The number of alkyl halides is 3. The third-order valence-corrected chi connectivity index (χ3v) is 4.31. The molecule has 1 aliphatic heterocycles. The number of esters is 1. The zero-order valence-corrected chi connectivity index (χ0v) is 16.4. The van der Waals surface area contributed by atoms with E-state index >= 15 is 0 Å². The van der Waals surface area contributed by atoms with Gasteiger partial charge in [-0.05, 0) is 47.9 Å². The van der Waals surface area contributed by atoms with Crippen LogP contribution in [0, 0.1) is 0 Å². The number of halogens is 3. The van der Waals surface area contributed by atoms with Gasteiger partial charge in [-0.15, -0.1) is 0 Å². The predicted octanol–water partition coefficient (Wildman–Crippen LogP) is 3.39. The minimum absolute atomic E-state index is 0.190. The maximum absolute atomic E-state index is 12.7. The number of carbonyl (C=O) groups excluding carboxylic acids is 2. The van der Waals surface area contributed by atoms with Gasteiger partial charge in [0.25, 0.3) is 5.91 Å². The standard InChI is InChI=1S/C22H20F3NO5/c23-22(24,25)17-3-1-2-15(12-17)5-7-21(28)31-14-20(27)26-9-8-16-4-6-18-19(13-16)30-11-10-29-18/h1-7,12-13H,8-11,14H2,(H,26,27)/b7-5+. The minimum atomic E-state index is -4.47. The van der Waals surface area contributed by atoms with Gasteiger partial charge < -0.3 is 19.5 Å². The van der Waals surface area contributed by atoms with Crippen LogP contribution in [0.2, 0.25) is 0 Å². The van der Waals surface area contributed by atoms with Crippen molar-refractivity contribution in [3.8, 4) is 11.5 Å². The lowest BCUT2D eigenvalue weighted by Crippen LogP contribution is -2.30. The van der Waals surface area contributed by atoms with Gasteiger partial charge in [-0.1, -0.05) is 18.2 Å². The van der Waals surface area contributed by atoms with Crippen LogP contribution >= 0.6 is 0 Å². The lowest BCUT2D eigenvalue weighted by molar-refractivity contribution is -0.143. The van der Waals surface area contributed by atoms with Crippen LogP contribution in [0.4, 0.5) is 13.2 Å². The van der Waals surface area contributed by atoms with Crippen molar-refractivity contribution in [2.45, 2.75) is 12.6 Å². The van der Waals surface area contributed by atoms with Gasteiger partial charge in [0.15, 0.2) is 18.1 Å². The molecule has 1 aliphatic rings. The molecule has 0 spiro atoms. The first-order valence-electron chi connectivity index (χ1n) is 9.48. The van der Waals surface area contributed by atoms with Gasteiger partial charge in [0, 0.05) is 12.6 Å². The third-order valence-electron chi connectivity index (χ3n) is 4.31. The van der Waals surface area contributed by atoms with Gasteiger partial charge in [0.2, 0.25) is 0 Å². The Morgan fingerprint density at radius 3 is 2.61 bits per heavy atom. The Morgan fingerprint density at radius 1 is 1.06 bits per heavy atom. The molecule has 0 atom stereocenters. The average molecular weight is 435 g/mol. The van der Waals surface area contributed by atoms with Crippen LogP contribution in [0.15, 0.2) is 48.5 Å². The fourth-order valence-electron chi connectivity index (χ4n) is 2.81. The molecule has 2 aromatic carbocycles. The molecule has 0 radical (unpaired) electrons. The second-order valence-corrected chi connectivity index (χ2v) is 6.64. The highest BCUT2D eigenvalue weighted by molar-refractivity contribution is 5.89. The highest BCUT2D eigenvalue weighted by Crippen LogP contribution is 2.31. The second kappa shape index (κ2) is 10.0. The number of nitrogens with one attached hydrogen (secondary N) is 1. The molecule has 3 rings (SSSR count). The number of carbonyl (C=O) groups is 2. The highest BCUT2D eigenvalue weighted by Gasteiger charge is 2.30. The summed E-state index contributed by atoms with van der Waals surface area (Å²) in [7, 11) is 0. The van der Waals surface area contributed by atoms with Crippen molar-refractivity contribution < 1.29 is 37.0 Å². The van der Waals surface area contributed by atoms with Crippen LogP contribution in [0.1, 0.15) is 16.7 Å². The molecule has 9 heteroatoms. The molecule has 1 N–H and O–H groups in total. The first kappa shape index (κ1) is 22.2. The predicted molar refractivity (Wildman–Crippen MR) is 106 cm³/mol. The SMILES string of the molecule is O=C(COC(=O)/C=C/c1cccc(C(F)(F)F)c1)NCCc1ccc2c(c1)OCCO2. The van der Waals surface area contributed by atoms with E-state index in [2.05, 4.69) is 5.32 Å². The molecular weight excluding hydrogens is 415 g/mol. The first-order valence-corrected chi connectivity index (χ1v) is 9.48. The molecular formula is C22H20F3NO5. The Labute approximate surface area is 176 Å². The lowest BCUT2D eigenvalue weighted by Gasteiger charge is -2.18. The first-order chi connectivity index (χ1) is 14.8. The molecule has 0 saturated heterocycles. The zero-order valence-electron chi connectivity index (χ0n) is 16.4. The summed E-state index contributed by atoms with van der Waals surface area (Å²) in [5, 5.41) is 2.63. The smallest absolute Gasteiger partial charge is 0.416 e. The number of ether oxygens (including phenoxy) is 3. The van der Waals surface area contributed by atoms with Crippen molar-refractivity contribution in [1.82, 2.24) is 5.32 Å². The lowest BCUT2D eigenvalue weighted by atomic mass is 10.1. The quantitative estimate of drug-likeness (QED) is 0.533. The molecule has 0 unspecified atom stereocenters. The summed E-state index contributed by atoms with van der Waals surface area (Å²) in [6.45, 7) is 0.833. The van der Waals surface area contributed by atoms with Crippen molar-refractivity contribution in [1.29, 1.82) is 0 Å². The van der Waals surface area contributed by atoms with Gasteiger partial charge >= 0.3 is 12.1 Å². The molecule has 2 aromatic rings. The monoisotopic (exact) mass is 435 g/mol. The summed E-state index contributed by atoms with van der Waals surface area (Å²) in [6, 6.07) is 10.0. The van der Waals surface area contributed by atoms with Crippen LogP contribution in [0.25, 0.3) is 6.08 Å². The summed E-state index contributed by atoms with van der Waals surface area (Å²) in [5.74, 6) is 0.0264. The maximum atomic E-state index is 12.7. The summed E-state index contributed by atoms with van der Waals surface area (Å²) in [6.07, 6.45) is -1.76. The van der Waals surface area contributed by atoms with Gasteiger partial charge in [0.1, 0.15) is 13.2 Å². The summed E-state index contributed by atoms with van der Waals surface area (Å²) in [5.41, 5.74) is 0.321. The average Bonchev–Trinajstić information content (AvgIpc) is 2.76. The molecule has 0 fully saturated rings. The van der Waals surface area contributed by atoms with Gasteiger partial charge in [-0.2, -0.15) is 13.2 Å². The Morgan fingerprint density at radius 2 is 1.84 bits per heavy atom. The molecule has 0 bridgehead atoms. The summed E-state index contributed by atoms with van der Waals surface area (Å²) >= 11 is 0. The van der Waals surface area contributed by atoms with Crippen LogP contribution in [0.3, 0.4) is 0 Å². The van der Waals surface area contributed by atoms with Crippen LogP contribution in [-0.4, -0.2) is 38.2 Å². The van der Waals surface area contributed by atoms with E-state index in [-0.39, 0.29) is 5.56 Å². The topological polar surface area (TPSA) is 73.9 Å². The third kappa shape index (κ3) is 6.77.